The summed E-state index contributed by atoms with van der Waals surface area (Å²) in [6, 6.07) is 5.75. The van der Waals surface area contributed by atoms with Gasteiger partial charge in [0.05, 0.1) is 33.0 Å². The van der Waals surface area contributed by atoms with E-state index in [9.17, 15) is 0 Å². The quantitative estimate of drug-likeness (QED) is 0.863. The maximum absolute atomic E-state index is 6.22. The molecule has 0 radical (unpaired) electrons. The molecule has 2 unspecified atom stereocenters. The van der Waals surface area contributed by atoms with Crippen molar-refractivity contribution < 1.29 is 14.2 Å². The summed E-state index contributed by atoms with van der Waals surface area (Å²) in [6.07, 6.45) is -0.0594. The Morgan fingerprint density at radius 1 is 1.41 bits per heavy atom. The second-order valence-corrected chi connectivity index (χ2v) is 4.23. The van der Waals surface area contributed by atoms with Crippen LogP contribution in [0.15, 0.2) is 18.2 Å². The maximum atomic E-state index is 6.22. The van der Waals surface area contributed by atoms with Crippen LogP contribution < -0.4 is 10.5 Å². The Balaban J connectivity index is 2.15. The van der Waals surface area contributed by atoms with Gasteiger partial charge in [0, 0.05) is 0 Å². The number of nitrogens with two attached hydrogens (primary N) is 1. The molecular formula is C13H19NO3. The normalized spacial score (nSPS) is 22.2. The van der Waals surface area contributed by atoms with Crippen molar-refractivity contribution in [3.05, 3.63) is 29.3 Å². The molecule has 1 aromatic carbocycles. The first-order valence-corrected chi connectivity index (χ1v) is 5.82. The Labute approximate surface area is 102 Å². The molecule has 4 heteroatoms. The van der Waals surface area contributed by atoms with E-state index >= 15 is 0 Å². The van der Waals surface area contributed by atoms with Crippen molar-refractivity contribution in [1.82, 2.24) is 0 Å². The Hall–Kier alpha value is -1.10. The largest absolute Gasteiger partial charge is 0.497 e. The van der Waals surface area contributed by atoms with Crippen molar-refractivity contribution >= 4 is 0 Å². The minimum Gasteiger partial charge on any atom is -0.497 e. The average Bonchev–Trinajstić information content (AvgIpc) is 2.39. The Morgan fingerprint density at radius 3 is 2.82 bits per heavy atom. The number of ether oxygens (including phenoxy) is 3. The maximum Gasteiger partial charge on any atom is 0.119 e. The summed E-state index contributed by atoms with van der Waals surface area (Å²) in [7, 11) is 1.66. The predicted molar refractivity (Wildman–Crippen MR) is 65.2 cm³/mol. The number of benzene rings is 1. The van der Waals surface area contributed by atoms with Crippen molar-refractivity contribution in [2.45, 2.75) is 19.1 Å². The first kappa shape index (κ1) is 12.4. The van der Waals surface area contributed by atoms with Gasteiger partial charge >= 0.3 is 0 Å². The average molecular weight is 237 g/mol. The molecule has 1 aliphatic heterocycles. The Bertz CT molecular complexity index is 375. The number of methoxy groups -OCH3 is 1. The second-order valence-electron chi connectivity index (χ2n) is 4.23. The molecule has 2 atom stereocenters. The summed E-state index contributed by atoms with van der Waals surface area (Å²) in [6.45, 7) is 3.87. The zero-order valence-corrected chi connectivity index (χ0v) is 10.3. The van der Waals surface area contributed by atoms with Crippen molar-refractivity contribution in [3.8, 4) is 5.75 Å². The smallest absolute Gasteiger partial charge is 0.119 e. The third-order valence-corrected chi connectivity index (χ3v) is 3.08. The minimum absolute atomic E-state index is 0.0594. The van der Waals surface area contributed by atoms with Gasteiger partial charge in [-0.15, -0.1) is 0 Å². The standard InChI is InChI=1S/C13H19NO3/c1-9-7-10(15-2)3-4-11(9)13(14)12-8-16-5-6-17-12/h3-4,7,12-13H,5-6,8,14H2,1-2H3. The highest BCUT2D eigenvalue weighted by Gasteiger charge is 2.24. The van der Waals surface area contributed by atoms with Gasteiger partial charge in [-0.3, -0.25) is 0 Å². The van der Waals surface area contributed by atoms with Crippen molar-refractivity contribution in [2.24, 2.45) is 5.73 Å². The third kappa shape index (κ3) is 2.77. The van der Waals surface area contributed by atoms with Crippen LogP contribution in [0.1, 0.15) is 17.2 Å². The van der Waals surface area contributed by atoms with Crippen LogP contribution in [0, 0.1) is 6.92 Å². The molecule has 1 heterocycles. The first-order chi connectivity index (χ1) is 8.22. The molecule has 0 saturated carbocycles. The molecule has 0 aromatic heterocycles. The number of rotatable bonds is 3. The highest BCUT2D eigenvalue weighted by atomic mass is 16.6. The van der Waals surface area contributed by atoms with Gasteiger partial charge in [-0.25, -0.2) is 0 Å². The molecule has 1 fully saturated rings. The lowest BCUT2D eigenvalue weighted by Gasteiger charge is -2.29. The van der Waals surface area contributed by atoms with Gasteiger partial charge in [-0.05, 0) is 30.2 Å². The van der Waals surface area contributed by atoms with Crippen molar-refractivity contribution in [2.75, 3.05) is 26.9 Å². The highest BCUT2D eigenvalue weighted by molar-refractivity contribution is 5.37. The number of hydrogen-bond acceptors (Lipinski definition) is 4. The lowest BCUT2D eigenvalue weighted by atomic mass is 9.97. The van der Waals surface area contributed by atoms with E-state index in [0.717, 1.165) is 16.9 Å². The van der Waals surface area contributed by atoms with Crippen LogP contribution in [-0.2, 0) is 9.47 Å². The van der Waals surface area contributed by atoms with Gasteiger partial charge in [0.1, 0.15) is 11.9 Å². The van der Waals surface area contributed by atoms with E-state index in [2.05, 4.69) is 0 Å². The summed E-state index contributed by atoms with van der Waals surface area (Å²) < 4.78 is 16.2. The fourth-order valence-electron chi connectivity index (χ4n) is 2.06. The summed E-state index contributed by atoms with van der Waals surface area (Å²) in [5.41, 5.74) is 8.42. The molecule has 0 aliphatic carbocycles. The molecule has 1 aromatic rings. The van der Waals surface area contributed by atoms with E-state index in [1.807, 2.05) is 25.1 Å². The van der Waals surface area contributed by atoms with Gasteiger partial charge in [-0.2, -0.15) is 0 Å². The van der Waals surface area contributed by atoms with Crippen LogP contribution in [0.25, 0.3) is 0 Å². The van der Waals surface area contributed by atoms with Crippen molar-refractivity contribution in [3.63, 3.8) is 0 Å². The molecule has 94 valence electrons. The van der Waals surface area contributed by atoms with Crippen LogP contribution >= 0.6 is 0 Å². The lowest BCUT2D eigenvalue weighted by molar-refractivity contribution is -0.0976. The summed E-state index contributed by atoms with van der Waals surface area (Å²) >= 11 is 0. The van der Waals surface area contributed by atoms with E-state index in [1.54, 1.807) is 7.11 Å². The van der Waals surface area contributed by atoms with Gasteiger partial charge in [0.15, 0.2) is 0 Å². The van der Waals surface area contributed by atoms with Crippen LogP contribution in [0.4, 0.5) is 0 Å². The topological polar surface area (TPSA) is 53.7 Å². The van der Waals surface area contributed by atoms with E-state index in [4.69, 9.17) is 19.9 Å². The molecular weight excluding hydrogens is 218 g/mol. The van der Waals surface area contributed by atoms with Gasteiger partial charge in [0.25, 0.3) is 0 Å². The van der Waals surface area contributed by atoms with Crippen LogP contribution in [0.3, 0.4) is 0 Å². The Morgan fingerprint density at radius 2 is 2.24 bits per heavy atom. The van der Waals surface area contributed by atoms with Gasteiger partial charge in [-0.1, -0.05) is 6.07 Å². The molecule has 0 spiro atoms. The first-order valence-electron chi connectivity index (χ1n) is 5.82. The number of hydrogen-bond donors (Lipinski definition) is 1. The molecule has 0 bridgehead atoms. The van der Waals surface area contributed by atoms with Crippen molar-refractivity contribution in [1.29, 1.82) is 0 Å². The number of aryl methyl sites for hydroxylation is 1. The van der Waals surface area contributed by atoms with E-state index in [1.165, 1.54) is 0 Å². The molecule has 2 N–H and O–H groups in total. The molecule has 4 nitrogen and oxygen atoms in total. The predicted octanol–water partition coefficient (Wildman–Crippen LogP) is 1.42. The summed E-state index contributed by atoms with van der Waals surface area (Å²) in [4.78, 5) is 0. The van der Waals surface area contributed by atoms with Gasteiger partial charge in [0.2, 0.25) is 0 Å². The van der Waals surface area contributed by atoms with E-state index < -0.39 is 0 Å². The SMILES string of the molecule is COc1ccc(C(N)C2COCCO2)c(C)c1. The van der Waals surface area contributed by atoms with Gasteiger partial charge < -0.3 is 19.9 Å². The fourth-order valence-corrected chi connectivity index (χ4v) is 2.06. The van der Waals surface area contributed by atoms with Crippen LogP contribution in [0.2, 0.25) is 0 Å². The lowest BCUT2D eigenvalue weighted by Crippen LogP contribution is -2.38. The zero-order valence-electron chi connectivity index (χ0n) is 10.3. The molecule has 17 heavy (non-hydrogen) atoms. The zero-order chi connectivity index (χ0) is 12.3. The highest BCUT2D eigenvalue weighted by Crippen LogP contribution is 2.25. The molecule has 2 rings (SSSR count). The van der Waals surface area contributed by atoms with Crippen LogP contribution in [-0.4, -0.2) is 33.0 Å². The third-order valence-electron chi connectivity index (χ3n) is 3.08. The van der Waals surface area contributed by atoms with Crippen LogP contribution in [0.5, 0.6) is 5.75 Å². The monoisotopic (exact) mass is 237 g/mol. The Kier molecular flexibility index (Phi) is 3.99. The van der Waals surface area contributed by atoms with E-state index in [-0.39, 0.29) is 12.1 Å². The molecule has 1 saturated heterocycles. The second kappa shape index (κ2) is 5.49. The molecule has 1 aliphatic rings. The summed E-state index contributed by atoms with van der Waals surface area (Å²) in [5, 5.41) is 0. The summed E-state index contributed by atoms with van der Waals surface area (Å²) in [5.74, 6) is 0.847. The minimum atomic E-state index is -0.152. The fraction of sp³-hybridized carbons (Fsp3) is 0.538. The van der Waals surface area contributed by atoms with E-state index in [0.29, 0.717) is 19.8 Å². The molecule has 0 amide bonds.